The molecular formula is C18H26BrN3O3. The highest BCUT2D eigenvalue weighted by Crippen LogP contribution is 2.20. The fourth-order valence-corrected chi connectivity index (χ4v) is 3.46. The minimum Gasteiger partial charge on any atom is -0.373 e. The summed E-state index contributed by atoms with van der Waals surface area (Å²) in [5.41, 5.74) is 1.72. The number of anilines is 1. The topological polar surface area (TPSA) is 61.9 Å². The second-order valence-electron chi connectivity index (χ2n) is 6.71. The van der Waals surface area contributed by atoms with Crippen LogP contribution >= 0.6 is 15.9 Å². The summed E-state index contributed by atoms with van der Waals surface area (Å²) in [6.45, 7) is 7.73. The number of halogens is 1. The maximum atomic E-state index is 12.4. The van der Waals surface area contributed by atoms with Gasteiger partial charge in [-0.3, -0.25) is 14.5 Å². The van der Waals surface area contributed by atoms with Gasteiger partial charge < -0.3 is 15.0 Å². The quantitative estimate of drug-likeness (QED) is 0.806. The second kappa shape index (κ2) is 8.78. The highest BCUT2D eigenvalue weighted by molar-refractivity contribution is 9.10. The molecule has 0 aromatic heterocycles. The molecule has 1 aromatic rings. The fourth-order valence-electron chi connectivity index (χ4n) is 2.99. The van der Waals surface area contributed by atoms with E-state index in [1.165, 1.54) is 4.90 Å². The Hall–Kier alpha value is -1.44. The van der Waals surface area contributed by atoms with Crippen molar-refractivity contribution in [3.63, 3.8) is 0 Å². The third-order valence-corrected chi connectivity index (χ3v) is 4.62. The molecule has 1 saturated heterocycles. The molecule has 2 atom stereocenters. The third kappa shape index (κ3) is 6.09. The lowest BCUT2D eigenvalue weighted by Gasteiger charge is -2.35. The number of likely N-dealkylation sites (N-methyl/N-ethyl adjacent to an activating group) is 1. The molecule has 0 unspecified atom stereocenters. The van der Waals surface area contributed by atoms with E-state index in [4.69, 9.17) is 4.74 Å². The molecular weight excluding hydrogens is 386 g/mol. The summed E-state index contributed by atoms with van der Waals surface area (Å²) in [7, 11) is 1.66. The standard InChI is InChI=1S/C18H26BrN3O3/c1-12-7-15(19)5-6-16(12)20-17(23)10-21(4)18(24)11-22-8-13(2)25-14(3)9-22/h5-7,13-14H,8-11H2,1-4H3,(H,20,23)/t13-,14-/m1/s1. The molecule has 138 valence electrons. The van der Waals surface area contributed by atoms with E-state index < -0.39 is 0 Å². The number of rotatable bonds is 5. The molecule has 1 fully saturated rings. The minimum absolute atomic E-state index is 0.0315. The van der Waals surface area contributed by atoms with Crippen molar-refractivity contribution in [2.75, 3.05) is 38.5 Å². The molecule has 1 aliphatic heterocycles. The molecule has 0 spiro atoms. The van der Waals surface area contributed by atoms with Crippen LogP contribution in [0, 0.1) is 6.92 Å². The van der Waals surface area contributed by atoms with Gasteiger partial charge in [-0.2, -0.15) is 0 Å². The number of morpholine rings is 1. The SMILES string of the molecule is Cc1cc(Br)ccc1NC(=O)CN(C)C(=O)CN1C[C@@H](C)O[C@H](C)C1. The molecule has 25 heavy (non-hydrogen) atoms. The van der Waals surface area contributed by atoms with Gasteiger partial charge in [0, 0.05) is 30.3 Å². The minimum atomic E-state index is -0.204. The van der Waals surface area contributed by atoms with Crippen molar-refractivity contribution in [1.82, 2.24) is 9.80 Å². The Morgan fingerprint density at radius 1 is 1.32 bits per heavy atom. The van der Waals surface area contributed by atoms with Crippen molar-refractivity contribution >= 4 is 33.4 Å². The number of nitrogens with one attached hydrogen (secondary N) is 1. The van der Waals surface area contributed by atoms with Crippen LogP contribution < -0.4 is 5.32 Å². The van der Waals surface area contributed by atoms with Crippen LogP contribution in [0.4, 0.5) is 5.69 Å². The van der Waals surface area contributed by atoms with Crippen LogP contribution in [-0.4, -0.2) is 67.0 Å². The number of ether oxygens (including phenoxy) is 1. The van der Waals surface area contributed by atoms with E-state index in [0.29, 0.717) is 6.54 Å². The van der Waals surface area contributed by atoms with E-state index in [0.717, 1.165) is 28.8 Å². The molecule has 0 saturated carbocycles. The Morgan fingerprint density at radius 3 is 2.56 bits per heavy atom. The summed E-state index contributed by atoms with van der Waals surface area (Å²) in [5, 5.41) is 2.85. The first-order valence-electron chi connectivity index (χ1n) is 8.42. The van der Waals surface area contributed by atoms with Crippen molar-refractivity contribution in [2.45, 2.75) is 33.0 Å². The predicted octanol–water partition coefficient (Wildman–Crippen LogP) is 2.26. The van der Waals surface area contributed by atoms with Gasteiger partial charge in [0.25, 0.3) is 0 Å². The second-order valence-corrected chi connectivity index (χ2v) is 7.62. The number of carbonyl (C=O) groups is 2. The monoisotopic (exact) mass is 411 g/mol. The Morgan fingerprint density at radius 2 is 1.96 bits per heavy atom. The summed E-state index contributed by atoms with van der Waals surface area (Å²) < 4.78 is 6.64. The van der Waals surface area contributed by atoms with Gasteiger partial charge in [0.15, 0.2) is 0 Å². The smallest absolute Gasteiger partial charge is 0.243 e. The Bertz CT molecular complexity index is 628. The zero-order valence-electron chi connectivity index (χ0n) is 15.2. The van der Waals surface area contributed by atoms with Gasteiger partial charge >= 0.3 is 0 Å². The average Bonchev–Trinajstić information content (AvgIpc) is 2.49. The number of hydrogen-bond donors (Lipinski definition) is 1. The van der Waals surface area contributed by atoms with Crippen LogP contribution in [0.25, 0.3) is 0 Å². The fraction of sp³-hybridized carbons (Fsp3) is 0.556. The highest BCUT2D eigenvalue weighted by Gasteiger charge is 2.25. The van der Waals surface area contributed by atoms with Crippen LogP contribution in [0.1, 0.15) is 19.4 Å². The molecule has 6 nitrogen and oxygen atoms in total. The third-order valence-electron chi connectivity index (χ3n) is 4.12. The van der Waals surface area contributed by atoms with E-state index in [1.54, 1.807) is 7.05 Å². The molecule has 2 rings (SSSR count). The normalized spacial score (nSPS) is 21.0. The zero-order chi connectivity index (χ0) is 18.6. The lowest BCUT2D eigenvalue weighted by Crippen LogP contribution is -2.50. The van der Waals surface area contributed by atoms with Crippen LogP contribution in [-0.2, 0) is 14.3 Å². The van der Waals surface area contributed by atoms with Crippen molar-refractivity contribution in [3.8, 4) is 0 Å². The summed E-state index contributed by atoms with van der Waals surface area (Å²) in [6, 6.07) is 5.65. The van der Waals surface area contributed by atoms with Gasteiger partial charge in [0.1, 0.15) is 0 Å². The van der Waals surface area contributed by atoms with Crippen LogP contribution in [0.15, 0.2) is 22.7 Å². The molecule has 1 N–H and O–H groups in total. The van der Waals surface area contributed by atoms with Crippen LogP contribution in [0.3, 0.4) is 0 Å². The summed E-state index contributed by atoms with van der Waals surface area (Å²) in [5.74, 6) is -0.269. The Balaban J connectivity index is 1.84. The van der Waals surface area contributed by atoms with Gasteiger partial charge in [-0.15, -0.1) is 0 Å². The molecule has 2 amide bonds. The van der Waals surface area contributed by atoms with E-state index in [9.17, 15) is 9.59 Å². The zero-order valence-corrected chi connectivity index (χ0v) is 16.8. The maximum Gasteiger partial charge on any atom is 0.243 e. The van der Waals surface area contributed by atoms with E-state index in [-0.39, 0.29) is 30.6 Å². The molecule has 0 radical (unpaired) electrons. The van der Waals surface area contributed by atoms with E-state index in [1.807, 2.05) is 39.0 Å². The number of carbonyl (C=O) groups excluding carboxylic acids is 2. The molecule has 1 heterocycles. The van der Waals surface area contributed by atoms with Crippen molar-refractivity contribution in [3.05, 3.63) is 28.2 Å². The van der Waals surface area contributed by atoms with Crippen molar-refractivity contribution < 1.29 is 14.3 Å². The lowest BCUT2D eigenvalue weighted by atomic mass is 10.2. The van der Waals surface area contributed by atoms with E-state index in [2.05, 4.69) is 26.1 Å². The first kappa shape index (κ1) is 19.9. The lowest BCUT2D eigenvalue weighted by molar-refractivity contribution is -0.137. The maximum absolute atomic E-state index is 12.4. The summed E-state index contributed by atoms with van der Waals surface area (Å²) in [4.78, 5) is 28.1. The Kier molecular flexibility index (Phi) is 6.98. The first-order valence-corrected chi connectivity index (χ1v) is 9.21. The van der Waals surface area contributed by atoms with Crippen LogP contribution in [0.2, 0.25) is 0 Å². The van der Waals surface area contributed by atoms with Gasteiger partial charge in [-0.1, -0.05) is 15.9 Å². The Labute approximate surface area is 157 Å². The average molecular weight is 412 g/mol. The molecule has 0 aliphatic carbocycles. The first-order chi connectivity index (χ1) is 11.7. The molecule has 7 heteroatoms. The van der Waals surface area contributed by atoms with Gasteiger partial charge in [-0.05, 0) is 44.5 Å². The van der Waals surface area contributed by atoms with Gasteiger partial charge in [0.05, 0.1) is 25.3 Å². The number of hydrogen-bond acceptors (Lipinski definition) is 4. The number of aryl methyl sites for hydroxylation is 1. The predicted molar refractivity (Wildman–Crippen MR) is 102 cm³/mol. The number of nitrogens with zero attached hydrogens (tertiary/aromatic N) is 2. The summed E-state index contributed by atoms with van der Waals surface area (Å²) in [6.07, 6.45) is 0.232. The molecule has 0 bridgehead atoms. The van der Waals surface area contributed by atoms with Crippen LogP contribution in [0.5, 0.6) is 0 Å². The number of benzene rings is 1. The van der Waals surface area contributed by atoms with Crippen molar-refractivity contribution in [1.29, 1.82) is 0 Å². The van der Waals surface area contributed by atoms with Gasteiger partial charge in [-0.25, -0.2) is 0 Å². The van der Waals surface area contributed by atoms with Crippen molar-refractivity contribution in [2.24, 2.45) is 0 Å². The highest BCUT2D eigenvalue weighted by atomic mass is 79.9. The largest absolute Gasteiger partial charge is 0.373 e. The van der Waals surface area contributed by atoms with Gasteiger partial charge in [0.2, 0.25) is 11.8 Å². The van der Waals surface area contributed by atoms with E-state index >= 15 is 0 Å². The molecule has 1 aromatic carbocycles. The molecule has 1 aliphatic rings. The summed E-state index contributed by atoms with van der Waals surface area (Å²) >= 11 is 3.40. The number of amides is 2.